The number of nitrogens with zero attached hydrogens (tertiary/aromatic N) is 1. The Kier molecular flexibility index (Phi) is 5.60. The zero-order valence-corrected chi connectivity index (χ0v) is 11.9. The number of rotatable bonds is 3. The number of nitrogens with one attached hydrogen (secondary N) is 2. The van der Waals surface area contributed by atoms with Crippen LogP contribution in [0.15, 0.2) is 30.3 Å². The molecule has 1 aliphatic rings. The Hall–Kier alpha value is -1.83. The predicted molar refractivity (Wildman–Crippen MR) is 80.2 cm³/mol. The number of piperazine rings is 1. The molecule has 0 bridgehead atoms. The summed E-state index contributed by atoms with van der Waals surface area (Å²) >= 11 is 0. The molecule has 0 saturated carbocycles. The molecule has 1 atom stereocenters. The van der Waals surface area contributed by atoms with Crippen molar-refractivity contribution in [2.24, 2.45) is 0 Å². The average Bonchev–Trinajstić information content (AvgIpc) is 2.49. The summed E-state index contributed by atoms with van der Waals surface area (Å²) in [6.45, 7) is 5.68. The summed E-state index contributed by atoms with van der Waals surface area (Å²) in [6.07, 6.45) is 0. The normalized spacial score (nSPS) is 18.9. The molecule has 1 heterocycles. The van der Waals surface area contributed by atoms with Crippen LogP contribution in [0, 0.1) is 11.8 Å². The van der Waals surface area contributed by atoms with Gasteiger partial charge in [0, 0.05) is 31.7 Å². The van der Waals surface area contributed by atoms with Gasteiger partial charge in [-0.05, 0) is 19.1 Å². The van der Waals surface area contributed by atoms with Crippen molar-refractivity contribution in [2.75, 3.05) is 32.7 Å². The summed E-state index contributed by atoms with van der Waals surface area (Å²) in [5, 5.41) is 6.15. The molecule has 1 saturated heterocycles. The lowest BCUT2D eigenvalue weighted by atomic mass is 10.1. The van der Waals surface area contributed by atoms with Crippen molar-refractivity contribution in [3.05, 3.63) is 35.9 Å². The van der Waals surface area contributed by atoms with Gasteiger partial charge in [-0.15, -0.1) is 0 Å². The van der Waals surface area contributed by atoms with Crippen molar-refractivity contribution in [2.45, 2.75) is 13.0 Å². The van der Waals surface area contributed by atoms with E-state index >= 15 is 0 Å². The van der Waals surface area contributed by atoms with Gasteiger partial charge in [-0.2, -0.15) is 0 Å². The van der Waals surface area contributed by atoms with Crippen LogP contribution in [0.1, 0.15) is 12.5 Å². The van der Waals surface area contributed by atoms with Crippen molar-refractivity contribution in [3.8, 4) is 11.8 Å². The summed E-state index contributed by atoms with van der Waals surface area (Å²) in [5.41, 5.74) is 1.01. The molecule has 4 heteroatoms. The second-order valence-electron chi connectivity index (χ2n) is 4.75. The lowest BCUT2D eigenvalue weighted by Gasteiger charge is -2.33. The fourth-order valence-electron chi connectivity index (χ4n) is 2.25. The molecule has 1 unspecified atom stereocenters. The molecule has 0 spiro atoms. The topological polar surface area (TPSA) is 44.4 Å². The molecule has 1 fully saturated rings. The summed E-state index contributed by atoms with van der Waals surface area (Å²) in [5.74, 6) is 6.39. The third-order valence-corrected chi connectivity index (χ3v) is 3.30. The summed E-state index contributed by atoms with van der Waals surface area (Å²) in [7, 11) is 0. The zero-order valence-electron chi connectivity index (χ0n) is 11.9. The number of carbonyl (C=O) groups excluding carboxylic acids is 1. The Morgan fingerprint density at radius 3 is 3.00 bits per heavy atom. The number of benzene rings is 1. The van der Waals surface area contributed by atoms with E-state index in [-0.39, 0.29) is 11.9 Å². The fraction of sp³-hybridized carbons (Fsp3) is 0.438. The van der Waals surface area contributed by atoms with E-state index in [0.717, 1.165) is 18.7 Å². The van der Waals surface area contributed by atoms with Gasteiger partial charge in [0.2, 0.25) is 5.91 Å². The number of hydrogen-bond acceptors (Lipinski definition) is 3. The highest BCUT2D eigenvalue weighted by Gasteiger charge is 2.27. The summed E-state index contributed by atoms with van der Waals surface area (Å²) < 4.78 is 0. The van der Waals surface area contributed by atoms with Crippen molar-refractivity contribution in [1.82, 2.24) is 15.5 Å². The minimum absolute atomic E-state index is 0.0845. The van der Waals surface area contributed by atoms with Gasteiger partial charge in [-0.1, -0.05) is 30.0 Å². The highest BCUT2D eigenvalue weighted by Crippen LogP contribution is 2.03. The first kappa shape index (κ1) is 14.6. The van der Waals surface area contributed by atoms with Gasteiger partial charge in [0.25, 0.3) is 0 Å². The van der Waals surface area contributed by atoms with Crippen LogP contribution in [0.3, 0.4) is 0 Å². The van der Waals surface area contributed by atoms with E-state index in [1.54, 1.807) is 0 Å². The Morgan fingerprint density at radius 1 is 1.45 bits per heavy atom. The molecule has 4 nitrogen and oxygen atoms in total. The quantitative estimate of drug-likeness (QED) is 0.785. The van der Waals surface area contributed by atoms with Crippen molar-refractivity contribution < 1.29 is 4.79 Å². The highest BCUT2D eigenvalue weighted by molar-refractivity contribution is 5.82. The predicted octanol–water partition coefficient (Wildman–Crippen LogP) is 0.448. The van der Waals surface area contributed by atoms with Crippen LogP contribution < -0.4 is 10.6 Å². The molecular formula is C16H21N3O. The third-order valence-electron chi connectivity index (χ3n) is 3.30. The Morgan fingerprint density at radius 2 is 2.25 bits per heavy atom. The third kappa shape index (κ3) is 4.09. The minimum Gasteiger partial charge on any atom is -0.355 e. The van der Waals surface area contributed by atoms with E-state index in [1.165, 1.54) is 0 Å². The Balaban J connectivity index is 1.96. The van der Waals surface area contributed by atoms with Crippen molar-refractivity contribution >= 4 is 5.91 Å². The maximum atomic E-state index is 12.0. The average molecular weight is 271 g/mol. The number of amides is 1. The number of likely N-dealkylation sites (N-methyl/N-ethyl adjacent to an activating group) is 1. The van der Waals surface area contributed by atoms with Gasteiger partial charge in [0.05, 0.1) is 6.54 Å². The molecule has 1 aromatic carbocycles. The van der Waals surface area contributed by atoms with E-state index < -0.39 is 0 Å². The van der Waals surface area contributed by atoms with E-state index in [0.29, 0.717) is 19.6 Å². The molecular weight excluding hydrogens is 250 g/mol. The smallest absolute Gasteiger partial charge is 0.238 e. The minimum atomic E-state index is -0.117. The zero-order chi connectivity index (χ0) is 14.2. The standard InChI is InChI=1S/C16H21N3O/c1-2-18-16(20)15-13-17-10-12-19(15)11-6-9-14-7-4-3-5-8-14/h3-5,7-8,15,17H,2,10-13H2,1H3,(H,18,20). The van der Waals surface area contributed by atoms with Gasteiger partial charge in [0.1, 0.15) is 6.04 Å². The Bertz CT molecular complexity index is 489. The molecule has 2 N–H and O–H groups in total. The van der Waals surface area contributed by atoms with Crippen LogP contribution in [0.2, 0.25) is 0 Å². The first-order chi connectivity index (χ1) is 9.81. The number of carbonyl (C=O) groups is 1. The van der Waals surface area contributed by atoms with Gasteiger partial charge in [-0.25, -0.2) is 0 Å². The van der Waals surface area contributed by atoms with Crippen molar-refractivity contribution in [3.63, 3.8) is 0 Å². The molecule has 20 heavy (non-hydrogen) atoms. The molecule has 1 aromatic rings. The van der Waals surface area contributed by atoms with Crippen LogP contribution in [0.25, 0.3) is 0 Å². The maximum absolute atomic E-state index is 12.0. The van der Waals surface area contributed by atoms with E-state index in [9.17, 15) is 4.79 Å². The second kappa shape index (κ2) is 7.68. The highest BCUT2D eigenvalue weighted by atomic mass is 16.2. The fourth-order valence-corrected chi connectivity index (χ4v) is 2.25. The largest absolute Gasteiger partial charge is 0.355 e. The molecule has 106 valence electrons. The molecule has 0 aromatic heterocycles. The van der Waals surface area contributed by atoms with Crippen LogP contribution in [0.5, 0.6) is 0 Å². The first-order valence-corrected chi connectivity index (χ1v) is 7.07. The number of hydrogen-bond donors (Lipinski definition) is 2. The summed E-state index contributed by atoms with van der Waals surface area (Å²) in [6, 6.07) is 9.80. The molecule has 1 amide bonds. The van der Waals surface area contributed by atoms with Gasteiger partial charge < -0.3 is 10.6 Å². The van der Waals surface area contributed by atoms with E-state index in [1.807, 2.05) is 37.3 Å². The lowest BCUT2D eigenvalue weighted by molar-refractivity contribution is -0.126. The van der Waals surface area contributed by atoms with Crippen molar-refractivity contribution in [1.29, 1.82) is 0 Å². The van der Waals surface area contributed by atoms with Crippen LogP contribution in [0.4, 0.5) is 0 Å². The lowest BCUT2D eigenvalue weighted by Crippen LogP contribution is -2.57. The van der Waals surface area contributed by atoms with Crippen LogP contribution in [-0.4, -0.2) is 49.6 Å². The molecule has 1 aliphatic heterocycles. The van der Waals surface area contributed by atoms with Gasteiger partial charge in [0.15, 0.2) is 0 Å². The van der Waals surface area contributed by atoms with E-state index in [2.05, 4.69) is 27.4 Å². The van der Waals surface area contributed by atoms with Gasteiger partial charge >= 0.3 is 0 Å². The maximum Gasteiger partial charge on any atom is 0.238 e. The summed E-state index contributed by atoms with van der Waals surface area (Å²) in [4.78, 5) is 14.1. The first-order valence-electron chi connectivity index (χ1n) is 7.07. The Labute approximate surface area is 120 Å². The monoisotopic (exact) mass is 271 g/mol. The molecule has 2 rings (SSSR count). The second-order valence-corrected chi connectivity index (χ2v) is 4.75. The molecule has 0 aliphatic carbocycles. The van der Waals surface area contributed by atoms with Crippen LogP contribution in [-0.2, 0) is 4.79 Å². The van der Waals surface area contributed by atoms with E-state index in [4.69, 9.17) is 0 Å². The SMILES string of the molecule is CCNC(=O)C1CNCCN1CC#Cc1ccccc1. The van der Waals surface area contributed by atoms with Gasteiger partial charge in [-0.3, -0.25) is 9.69 Å². The molecule has 0 radical (unpaired) electrons. The van der Waals surface area contributed by atoms with Crippen LogP contribution >= 0.6 is 0 Å².